The van der Waals surface area contributed by atoms with Crippen molar-refractivity contribution in [3.63, 3.8) is 0 Å². The van der Waals surface area contributed by atoms with Crippen LogP contribution in [0.25, 0.3) is 0 Å². The molecule has 1 rings (SSSR count). The van der Waals surface area contributed by atoms with Gasteiger partial charge in [-0.1, -0.05) is 6.08 Å². The summed E-state index contributed by atoms with van der Waals surface area (Å²) in [6, 6.07) is 0. The van der Waals surface area contributed by atoms with Gasteiger partial charge in [0.2, 0.25) is 0 Å². The van der Waals surface area contributed by atoms with Crippen LogP contribution in [-0.4, -0.2) is 30.9 Å². The van der Waals surface area contributed by atoms with Gasteiger partial charge in [0.25, 0.3) is 0 Å². The molecule has 112 valence electrons. The number of hydrogen-bond acceptors (Lipinski definition) is 4. The molecule has 0 saturated carbocycles. The molecule has 0 aromatic heterocycles. The van der Waals surface area contributed by atoms with E-state index in [4.69, 9.17) is 14.0 Å². The summed E-state index contributed by atoms with van der Waals surface area (Å²) in [5.41, 5.74) is 0.460. The number of allylic oxidation sites excluding steroid dienone is 2. The minimum Gasteiger partial charge on any atom is -0.463 e. The van der Waals surface area contributed by atoms with Crippen molar-refractivity contribution in [1.29, 1.82) is 0 Å². The summed E-state index contributed by atoms with van der Waals surface area (Å²) in [5.74, 6) is -0.334. The average molecular weight is 280 g/mol. The summed E-state index contributed by atoms with van der Waals surface area (Å²) in [5, 5.41) is 0. The van der Waals surface area contributed by atoms with E-state index in [1.54, 1.807) is 13.0 Å². The fraction of sp³-hybridized carbons (Fsp3) is 0.667. The fourth-order valence-electron chi connectivity index (χ4n) is 1.93. The molecule has 0 amide bonds. The summed E-state index contributed by atoms with van der Waals surface area (Å²) in [6.45, 7) is 15.6. The van der Waals surface area contributed by atoms with Crippen molar-refractivity contribution in [2.75, 3.05) is 6.61 Å². The second-order valence-corrected chi connectivity index (χ2v) is 5.96. The van der Waals surface area contributed by atoms with Gasteiger partial charge in [-0.2, -0.15) is 0 Å². The van der Waals surface area contributed by atoms with Gasteiger partial charge in [-0.05, 0) is 53.4 Å². The van der Waals surface area contributed by atoms with E-state index in [2.05, 4.69) is 6.58 Å². The van der Waals surface area contributed by atoms with Crippen LogP contribution in [0.15, 0.2) is 23.7 Å². The standard InChI is InChI=1S/C15H25BO4/c1-8-10-12(13(17)18-9-2)11(3)16-19-14(4,5)15(6,7)20-16/h8H,1,9-10H2,2-7H3/b12-11+. The molecule has 0 atom stereocenters. The zero-order chi connectivity index (χ0) is 15.6. The molecule has 0 spiro atoms. The van der Waals surface area contributed by atoms with Gasteiger partial charge in [0.15, 0.2) is 0 Å². The van der Waals surface area contributed by atoms with Crippen molar-refractivity contribution in [1.82, 2.24) is 0 Å². The van der Waals surface area contributed by atoms with Crippen LogP contribution in [0.3, 0.4) is 0 Å². The topological polar surface area (TPSA) is 44.8 Å². The molecular formula is C15H25BO4. The molecule has 1 saturated heterocycles. The normalized spacial score (nSPS) is 21.4. The second kappa shape index (κ2) is 6.14. The Labute approximate surface area is 122 Å². The lowest BCUT2D eigenvalue weighted by molar-refractivity contribution is -0.138. The Kier molecular flexibility index (Phi) is 5.22. The van der Waals surface area contributed by atoms with Crippen LogP contribution >= 0.6 is 0 Å². The third-order valence-corrected chi connectivity index (χ3v) is 3.95. The molecule has 0 aliphatic carbocycles. The Bertz CT molecular complexity index is 408. The monoisotopic (exact) mass is 280 g/mol. The van der Waals surface area contributed by atoms with Crippen molar-refractivity contribution in [3.8, 4) is 0 Å². The first-order valence-corrected chi connectivity index (χ1v) is 6.99. The first-order chi connectivity index (χ1) is 9.16. The second-order valence-electron chi connectivity index (χ2n) is 5.96. The van der Waals surface area contributed by atoms with Crippen LogP contribution in [-0.2, 0) is 18.8 Å². The predicted octanol–water partition coefficient (Wildman–Crippen LogP) is 3.07. The highest BCUT2D eigenvalue weighted by Crippen LogP contribution is 2.39. The molecule has 0 unspecified atom stereocenters. The van der Waals surface area contributed by atoms with Crippen LogP contribution in [0.1, 0.15) is 48.0 Å². The number of ether oxygens (including phenoxy) is 1. The van der Waals surface area contributed by atoms with Crippen molar-refractivity contribution < 1.29 is 18.8 Å². The third kappa shape index (κ3) is 3.33. The van der Waals surface area contributed by atoms with E-state index in [1.807, 2.05) is 34.6 Å². The Morgan fingerprint density at radius 2 is 1.75 bits per heavy atom. The molecule has 0 aromatic rings. The van der Waals surface area contributed by atoms with Crippen molar-refractivity contribution in [3.05, 3.63) is 23.7 Å². The minimum absolute atomic E-state index is 0.334. The SMILES string of the molecule is C=CC/C(C(=O)OCC)=C(/C)B1OC(C)(C)C(C)(C)O1. The van der Waals surface area contributed by atoms with Gasteiger partial charge in [0.05, 0.1) is 17.8 Å². The summed E-state index contributed by atoms with van der Waals surface area (Å²) >= 11 is 0. The van der Waals surface area contributed by atoms with E-state index in [1.165, 1.54) is 0 Å². The van der Waals surface area contributed by atoms with E-state index in [0.717, 1.165) is 5.47 Å². The number of rotatable bonds is 5. The average Bonchev–Trinajstić information content (AvgIpc) is 2.55. The molecule has 0 bridgehead atoms. The maximum absolute atomic E-state index is 12.0. The van der Waals surface area contributed by atoms with Crippen LogP contribution < -0.4 is 0 Å². The Morgan fingerprint density at radius 3 is 2.15 bits per heavy atom. The molecule has 0 radical (unpaired) electrons. The first-order valence-electron chi connectivity index (χ1n) is 6.99. The summed E-state index contributed by atoms with van der Waals surface area (Å²) in [6.07, 6.45) is 2.12. The molecular weight excluding hydrogens is 255 g/mol. The van der Waals surface area contributed by atoms with Gasteiger partial charge in [0.1, 0.15) is 0 Å². The third-order valence-electron chi connectivity index (χ3n) is 3.95. The Hall–Kier alpha value is -1.07. The number of esters is 1. The molecule has 1 fully saturated rings. The molecule has 1 aliphatic rings. The van der Waals surface area contributed by atoms with E-state index in [0.29, 0.717) is 18.6 Å². The summed E-state index contributed by atoms with van der Waals surface area (Å²) < 4.78 is 17.0. The smallest absolute Gasteiger partial charge is 0.463 e. The van der Waals surface area contributed by atoms with Crippen LogP contribution in [0.4, 0.5) is 0 Å². The van der Waals surface area contributed by atoms with Gasteiger partial charge < -0.3 is 14.0 Å². The van der Waals surface area contributed by atoms with Crippen molar-refractivity contribution in [2.24, 2.45) is 0 Å². The number of hydrogen-bond donors (Lipinski definition) is 0. The molecule has 0 N–H and O–H groups in total. The molecule has 20 heavy (non-hydrogen) atoms. The predicted molar refractivity (Wildman–Crippen MR) is 80.2 cm³/mol. The Balaban J connectivity index is 3.06. The molecule has 4 nitrogen and oxygen atoms in total. The molecule has 0 aromatic carbocycles. The van der Waals surface area contributed by atoms with Crippen molar-refractivity contribution >= 4 is 13.1 Å². The largest absolute Gasteiger partial charge is 0.490 e. The summed E-state index contributed by atoms with van der Waals surface area (Å²) in [7, 11) is -0.528. The van der Waals surface area contributed by atoms with Gasteiger partial charge in [-0.25, -0.2) is 4.79 Å². The molecule has 1 aliphatic heterocycles. The van der Waals surface area contributed by atoms with Gasteiger partial charge in [-0.3, -0.25) is 0 Å². The van der Waals surface area contributed by atoms with E-state index in [9.17, 15) is 4.79 Å². The van der Waals surface area contributed by atoms with Gasteiger partial charge >= 0.3 is 13.1 Å². The molecule has 5 heteroatoms. The lowest BCUT2D eigenvalue weighted by atomic mass is 9.75. The quantitative estimate of drug-likeness (QED) is 0.336. The Morgan fingerprint density at radius 1 is 1.25 bits per heavy atom. The highest BCUT2D eigenvalue weighted by Gasteiger charge is 2.52. The van der Waals surface area contributed by atoms with Gasteiger partial charge in [0, 0.05) is 5.57 Å². The van der Waals surface area contributed by atoms with E-state index < -0.39 is 18.3 Å². The fourth-order valence-corrected chi connectivity index (χ4v) is 1.93. The van der Waals surface area contributed by atoms with Crippen LogP contribution in [0.2, 0.25) is 0 Å². The lowest BCUT2D eigenvalue weighted by Gasteiger charge is -2.32. The van der Waals surface area contributed by atoms with E-state index in [-0.39, 0.29) is 5.97 Å². The summed E-state index contributed by atoms with van der Waals surface area (Å²) in [4.78, 5) is 12.0. The maximum atomic E-state index is 12.0. The molecule has 1 heterocycles. The highest BCUT2D eigenvalue weighted by molar-refractivity contribution is 6.55. The lowest BCUT2D eigenvalue weighted by Crippen LogP contribution is -2.41. The van der Waals surface area contributed by atoms with Crippen molar-refractivity contribution in [2.45, 2.75) is 59.2 Å². The minimum atomic E-state index is -0.528. The number of carbonyl (C=O) groups is 1. The van der Waals surface area contributed by atoms with Crippen LogP contribution in [0.5, 0.6) is 0 Å². The highest BCUT2D eigenvalue weighted by atomic mass is 16.7. The number of carbonyl (C=O) groups excluding carboxylic acids is 1. The zero-order valence-corrected chi connectivity index (χ0v) is 13.4. The first kappa shape index (κ1) is 17.0. The van der Waals surface area contributed by atoms with E-state index >= 15 is 0 Å². The van der Waals surface area contributed by atoms with Gasteiger partial charge in [-0.15, -0.1) is 6.58 Å². The zero-order valence-electron chi connectivity index (χ0n) is 13.4. The maximum Gasteiger partial charge on any atom is 0.490 e. The van der Waals surface area contributed by atoms with Crippen LogP contribution in [0, 0.1) is 0 Å².